The van der Waals surface area contributed by atoms with E-state index >= 15 is 0 Å². The van der Waals surface area contributed by atoms with Crippen molar-refractivity contribution in [3.8, 4) is 0 Å². The number of aliphatic imine (C=N–C) groups is 1. The molecule has 0 N–H and O–H groups in total. The Bertz CT molecular complexity index is 729. The average Bonchev–Trinajstić information content (AvgIpc) is 2.67. The smallest absolute Gasteiger partial charge is 0.134 e. The van der Waals surface area contributed by atoms with Gasteiger partial charge in [-0.05, 0) is 56.4 Å². The van der Waals surface area contributed by atoms with Crippen LogP contribution in [-0.2, 0) is 0 Å². The molecule has 0 amide bonds. The molecule has 0 spiro atoms. The van der Waals surface area contributed by atoms with Crippen molar-refractivity contribution in [2.24, 2.45) is 21.9 Å². The van der Waals surface area contributed by atoms with Crippen molar-refractivity contribution < 1.29 is 0 Å². The van der Waals surface area contributed by atoms with Gasteiger partial charge < -0.3 is 0 Å². The summed E-state index contributed by atoms with van der Waals surface area (Å²) < 4.78 is 0. The number of rotatable bonds is 5. The second-order valence-corrected chi connectivity index (χ2v) is 7.57. The van der Waals surface area contributed by atoms with E-state index in [-0.39, 0.29) is 0 Å². The second-order valence-electron chi connectivity index (χ2n) is 7.13. The third kappa shape index (κ3) is 5.44. The molecule has 1 unspecified atom stereocenters. The number of allylic oxidation sites excluding steroid dienone is 1. The van der Waals surface area contributed by atoms with Gasteiger partial charge in [0.25, 0.3) is 0 Å². The summed E-state index contributed by atoms with van der Waals surface area (Å²) in [5.41, 5.74) is 5.57. The van der Waals surface area contributed by atoms with E-state index < -0.39 is 0 Å². The molecule has 0 aliphatic carbocycles. The maximum absolute atomic E-state index is 6.29. The lowest BCUT2D eigenvalue weighted by atomic mass is 9.98. The molecule has 27 heavy (non-hydrogen) atoms. The summed E-state index contributed by atoms with van der Waals surface area (Å²) in [6.45, 7) is 19.2. The molecular formula is C23H36ClN3. The maximum atomic E-state index is 6.29. The monoisotopic (exact) mass is 389 g/mol. The van der Waals surface area contributed by atoms with E-state index in [0.29, 0.717) is 11.8 Å². The fourth-order valence-electron chi connectivity index (χ4n) is 2.65. The number of halogens is 1. The minimum atomic E-state index is 0.326. The first kappa shape index (κ1) is 23.4. The van der Waals surface area contributed by atoms with Crippen LogP contribution >= 0.6 is 11.6 Å². The average molecular weight is 390 g/mol. The first-order valence-electron chi connectivity index (χ1n) is 10.2. The zero-order chi connectivity index (χ0) is 20.7. The predicted octanol–water partition coefficient (Wildman–Crippen LogP) is 7.93. The Labute approximate surface area is 171 Å². The van der Waals surface area contributed by atoms with Gasteiger partial charge in [-0.25, -0.2) is 10.0 Å². The number of hydrogen-bond donors (Lipinski definition) is 0. The van der Waals surface area contributed by atoms with Crippen LogP contribution in [0.5, 0.6) is 0 Å². The first-order valence-corrected chi connectivity index (χ1v) is 10.6. The molecule has 2 rings (SSSR count). The van der Waals surface area contributed by atoms with Crippen molar-refractivity contribution in [1.29, 1.82) is 0 Å². The number of hydrogen-bond acceptors (Lipinski definition) is 3. The van der Waals surface area contributed by atoms with Gasteiger partial charge in [0, 0.05) is 22.2 Å². The SMILES string of the molecule is CC.CCC(C)=C1c2cc(Cl)ccc2N=C(C(C)CC)N1/N=C(\C)C(C)C. The Balaban J connectivity index is 0.00000176. The Hall–Kier alpha value is -1.61. The number of hydrazone groups is 1. The van der Waals surface area contributed by atoms with Crippen molar-refractivity contribution in [2.75, 3.05) is 0 Å². The fraction of sp³-hybridized carbons (Fsp3) is 0.565. The van der Waals surface area contributed by atoms with E-state index in [0.717, 1.165) is 46.4 Å². The highest BCUT2D eigenvalue weighted by Crippen LogP contribution is 2.40. The molecule has 1 aliphatic heterocycles. The third-order valence-electron chi connectivity index (χ3n) is 4.96. The van der Waals surface area contributed by atoms with E-state index in [4.69, 9.17) is 21.7 Å². The lowest BCUT2D eigenvalue weighted by Gasteiger charge is -2.34. The van der Waals surface area contributed by atoms with Gasteiger partial charge in [-0.3, -0.25) is 0 Å². The van der Waals surface area contributed by atoms with Crippen LogP contribution < -0.4 is 0 Å². The summed E-state index contributed by atoms with van der Waals surface area (Å²) in [5.74, 6) is 1.73. The van der Waals surface area contributed by atoms with Crippen LogP contribution in [0.25, 0.3) is 5.70 Å². The second kappa shape index (κ2) is 10.7. The van der Waals surface area contributed by atoms with Gasteiger partial charge in [-0.15, -0.1) is 0 Å². The minimum absolute atomic E-state index is 0.326. The van der Waals surface area contributed by atoms with Crippen molar-refractivity contribution in [1.82, 2.24) is 5.01 Å². The molecule has 1 aliphatic rings. The summed E-state index contributed by atoms with van der Waals surface area (Å²) in [4.78, 5) is 4.96. The van der Waals surface area contributed by atoms with Gasteiger partial charge >= 0.3 is 0 Å². The van der Waals surface area contributed by atoms with E-state index in [1.54, 1.807) is 0 Å². The van der Waals surface area contributed by atoms with Crippen LogP contribution in [0.4, 0.5) is 5.69 Å². The number of benzene rings is 1. The number of amidine groups is 1. The summed E-state index contributed by atoms with van der Waals surface area (Å²) >= 11 is 6.29. The molecule has 4 heteroatoms. The highest BCUT2D eigenvalue weighted by Gasteiger charge is 2.29. The van der Waals surface area contributed by atoms with Crippen molar-refractivity contribution >= 4 is 34.5 Å². The van der Waals surface area contributed by atoms with Crippen LogP contribution in [-0.4, -0.2) is 16.6 Å². The molecule has 0 saturated heterocycles. The van der Waals surface area contributed by atoms with Gasteiger partial charge in [0.2, 0.25) is 0 Å². The first-order chi connectivity index (χ1) is 12.8. The van der Waals surface area contributed by atoms with Crippen molar-refractivity contribution in [2.45, 2.75) is 75.2 Å². The molecule has 150 valence electrons. The minimum Gasteiger partial charge on any atom is -0.233 e. The summed E-state index contributed by atoms with van der Waals surface area (Å²) in [6, 6.07) is 5.93. The molecule has 1 atom stereocenters. The molecule has 3 nitrogen and oxygen atoms in total. The molecule has 1 aromatic rings. The van der Waals surface area contributed by atoms with Crippen LogP contribution in [0.1, 0.15) is 80.7 Å². The third-order valence-corrected chi connectivity index (χ3v) is 5.19. The van der Waals surface area contributed by atoms with Gasteiger partial charge in [0.05, 0.1) is 11.4 Å². The van der Waals surface area contributed by atoms with E-state index in [9.17, 15) is 0 Å². The highest BCUT2D eigenvalue weighted by molar-refractivity contribution is 6.31. The zero-order valence-electron chi connectivity index (χ0n) is 18.5. The predicted molar refractivity (Wildman–Crippen MR) is 122 cm³/mol. The highest BCUT2D eigenvalue weighted by atomic mass is 35.5. The summed E-state index contributed by atoms with van der Waals surface area (Å²) in [7, 11) is 0. The number of nitrogens with zero attached hydrogens (tertiary/aromatic N) is 3. The molecule has 1 heterocycles. The molecule has 0 saturated carbocycles. The molecule has 0 fully saturated rings. The Morgan fingerprint density at radius 1 is 1.15 bits per heavy atom. The lowest BCUT2D eigenvalue weighted by Crippen LogP contribution is -2.34. The van der Waals surface area contributed by atoms with Crippen LogP contribution in [0.3, 0.4) is 0 Å². The normalized spacial score (nSPS) is 17.1. The van der Waals surface area contributed by atoms with Crippen molar-refractivity contribution in [3.05, 3.63) is 34.4 Å². The summed E-state index contributed by atoms with van der Waals surface area (Å²) in [6.07, 6.45) is 1.98. The quantitative estimate of drug-likeness (QED) is 0.469. The van der Waals surface area contributed by atoms with Gasteiger partial charge in [0.15, 0.2) is 0 Å². The van der Waals surface area contributed by atoms with E-state index in [1.165, 1.54) is 5.57 Å². The molecule has 0 radical (unpaired) electrons. The molecule has 0 bridgehead atoms. The topological polar surface area (TPSA) is 28.0 Å². The van der Waals surface area contributed by atoms with E-state index in [1.807, 2.05) is 32.0 Å². The van der Waals surface area contributed by atoms with Crippen LogP contribution in [0.15, 0.2) is 33.9 Å². The molecule has 0 aromatic heterocycles. The largest absolute Gasteiger partial charge is 0.233 e. The van der Waals surface area contributed by atoms with Crippen LogP contribution in [0.2, 0.25) is 5.02 Å². The van der Waals surface area contributed by atoms with Gasteiger partial charge in [-0.1, -0.05) is 60.1 Å². The molecule has 1 aromatic carbocycles. The Morgan fingerprint density at radius 3 is 2.30 bits per heavy atom. The Morgan fingerprint density at radius 2 is 1.78 bits per heavy atom. The summed E-state index contributed by atoms with van der Waals surface area (Å²) in [5, 5.41) is 7.78. The van der Waals surface area contributed by atoms with Crippen LogP contribution in [0, 0.1) is 11.8 Å². The maximum Gasteiger partial charge on any atom is 0.134 e. The fourth-order valence-corrected chi connectivity index (χ4v) is 2.82. The molecular weight excluding hydrogens is 354 g/mol. The Kier molecular flexibility index (Phi) is 9.25. The van der Waals surface area contributed by atoms with Gasteiger partial charge in [0.1, 0.15) is 5.84 Å². The standard InChI is InChI=1S/C21H30ClN3.C2H6/c1-8-14(5)20-18-12-17(22)10-11-19(18)23-21(15(6)9-2)25(20)24-16(7)13(3)4;1-2/h10-13,15H,8-9H2,1-7H3;1-2H3/b20-14?,24-16+;. The van der Waals surface area contributed by atoms with Gasteiger partial charge in [-0.2, -0.15) is 5.10 Å². The zero-order valence-corrected chi connectivity index (χ0v) is 19.3. The lowest BCUT2D eigenvalue weighted by molar-refractivity contribution is 0.545. The van der Waals surface area contributed by atoms with E-state index in [2.05, 4.69) is 53.5 Å². The van der Waals surface area contributed by atoms with Crippen molar-refractivity contribution in [3.63, 3.8) is 0 Å². The number of fused-ring (bicyclic) bond motifs is 1.